The molecule has 0 bridgehead atoms. The van der Waals surface area contributed by atoms with E-state index >= 15 is 0 Å². The number of halogens is 1. The number of hydrogen-bond donors (Lipinski definition) is 2. The van der Waals surface area contributed by atoms with Crippen molar-refractivity contribution < 1.29 is 5.48 Å². The Morgan fingerprint density at radius 3 is 1.00 bits per heavy atom. The molecular formula is H7BrN2O. The van der Waals surface area contributed by atoms with E-state index in [0.717, 1.165) is 0 Å². The molecule has 0 fully saturated rings. The molecule has 3 nitrogen and oxygen atoms in total. The third-order valence-corrected chi connectivity index (χ3v) is 0. The molecule has 0 aliphatic rings. The van der Waals surface area contributed by atoms with Crippen LogP contribution in [-0.2, 0) is 0 Å². The molecular weight excluding hydrogens is 124 g/mol. The molecule has 0 heterocycles. The Morgan fingerprint density at radius 2 is 1.00 bits per heavy atom. The summed E-state index contributed by atoms with van der Waals surface area (Å²) in [6, 6.07) is 0. The second-order valence-corrected chi connectivity index (χ2v) is 0. The third kappa shape index (κ3) is 33.7. The molecule has 0 atom stereocenters. The molecule has 0 aliphatic carbocycles. The Bertz CT molecular complexity index is 6.00. The van der Waals surface area contributed by atoms with Gasteiger partial charge in [-0.15, -0.1) is 17.0 Å². The van der Waals surface area contributed by atoms with Crippen LogP contribution in [0.3, 0.4) is 0 Å². The minimum absolute atomic E-state index is 0. The van der Waals surface area contributed by atoms with E-state index in [1.54, 1.807) is 0 Å². The van der Waals surface area contributed by atoms with Gasteiger partial charge in [0.2, 0.25) is 0 Å². The number of nitrogens with two attached hydrogens (primary N) is 2. The predicted octanol–water partition coefficient (Wildman–Crippen LogP) is -1.43. The maximum absolute atomic E-state index is 4.00. The summed E-state index contributed by atoms with van der Waals surface area (Å²) in [6.07, 6.45) is 0. The highest BCUT2D eigenvalue weighted by Crippen LogP contribution is 0.846. The van der Waals surface area contributed by atoms with E-state index in [1.807, 2.05) is 0 Å². The molecule has 0 aromatic carbocycles. The van der Waals surface area contributed by atoms with E-state index < -0.39 is 0 Å². The number of rotatable bonds is 0. The van der Waals surface area contributed by atoms with Crippen LogP contribution in [0.5, 0.6) is 0 Å². The lowest BCUT2D eigenvalue weighted by Crippen LogP contribution is -2.02. The van der Waals surface area contributed by atoms with Gasteiger partial charge in [0.05, 0.1) is 0 Å². The maximum atomic E-state index is 4.00. The molecule has 0 saturated heterocycles. The van der Waals surface area contributed by atoms with E-state index in [9.17, 15) is 0 Å². The first-order valence-corrected chi connectivity index (χ1v) is 0.333. The van der Waals surface area contributed by atoms with Crippen molar-refractivity contribution >= 4 is 17.0 Å². The quantitative estimate of drug-likeness (QED) is 0.312. The molecule has 4 heteroatoms. The normalized spacial score (nSPS) is 1.50. The van der Waals surface area contributed by atoms with E-state index in [0.29, 0.717) is 0 Å². The van der Waals surface area contributed by atoms with Crippen molar-refractivity contribution in [3.05, 3.63) is 0 Å². The van der Waals surface area contributed by atoms with E-state index in [-0.39, 0.29) is 22.5 Å². The van der Waals surface area contributed by atoms with Crippen LogP contribution in [0.25, 0.3) is 0 Å². The van der Waals surface area contributed by atoms with Crippen molar-refractivity contribution in [3.63, 3.8) is 0 Å². The van der Waals surface area contributed by atoms with Gasteiger partial charge in [0.25, 0.3) is 0 Å². The number of hydrazine groups is 1. The van der Waals surface area contributed by atoms with Crippen LogP contribution in [0, 0.1) is 0 Å². The molecule has 0 aliphatic heterocycles. The molecule has 0 saturated carbocycles. The zero-order chi connectivity index (χ0) is 2.00. The minimum Gasteiger partial charge on any atom is -0.412 e. The van der Waals surface area contributed by atoms with Gasteiger partial charge >= 0.3 is 0 Å². The van der Waals surface area contributed by atoms with Crippen LogP contribution >= 0.6 is 17.0 Å². The largest absolute Gasteiger partial charge is 0.412 e. The molecule has 30 valence electrons. The average Bonchev–Trinajstić information content (AvgIpc) is 1.00. The van der Waals surface area contributed by atoms with Gasteiger partial charge in [-0.1, -0.05) is 0 Å². The predicted molar refractivity (Wildman–Crippen MR) is 22.3 cm³/mol. The van der Waals surface area contributed by atoms with Crippen molar-refractivity contribution in [2.75, 3.05) is 0 Å². The van der Waals surface area contributed by atoms with E-state index in [4.69, 9.17) is 0 Å². The molecule has 0 unspecified atom stereocenters. The number of hydrogen-bond acceptors (Lipinski definition) is 2. The van der Waals surface area contributed by atoms with Gasteiger partial charge in [0, 0.05) is 0 Å². The lowest BCUT2D eigenvalue weighted by molar-refractivity contribution is 0.824. The monoisotopic (exact) mass is 130 g/mol. The molecule has 0 aromatic heterocycles. The Hall–Kier alpha value is 0.360. The van der Waals surface area contributed by atoms with Crippen LogP contribution in [0.2, 0.25) is 0 Å². The van der Waals surface area contributed by atoms with Crippen molar-refractivity contribution in [3.8, 4) is 0 Å². The Labute approximate surface area is 35.0 Å². The van der Waals surface area contributed by atoms with Crippen LogP contribution in [0.4, 0.5) is 0 Å². The first-order chi connectivity index (χ1) is 1.00. The second-order valence-electron chi connectivity index (χ2n) is 0. The Balaban J connectivity index is -0.00000000500. The standard InChI is InChI=1S/BrH.H4N2.H2O/c;1-2;/h1H;1-2H2;1H2. The Morgan fingerprint density at radius 1 is 1.00 bits per heavy atom. The van der Waals surface area contributed by atoms with Gasteiger partial charge in [-0.05, 0) is 0 Å². The second kappa shape index (κ2) is 144. The maximum Gasteiger partial charge on any atom is -0.114 e. The summed E-state index contributed by atoms with van der Waals surface area (Å²) < 4.78 is 0. The lowest BCUT2D eigenvalue weighted by atomic mass is 13.0. The van der Waals surface area contributed by atoms with Crippen LogP contribution in [0.15, 0.2) is 0 Å². The highest BCUT2D eigenvalue weighted by Gasteiger charge is 0.726. The fraction of sp³-hybridized carbons (Fsp3) is 0. The topological polar surface area (TPSA) is 83.5 Å². The van der Waals surface area contributed by atoms with Crippen molar-refractivity contribution in [2.24, 2.45) is 11.7 Å². The van der Waals surface area contributed by atoms with Gasteiger partial charge in [-0.25, -0.2) is 0 Å². The zero-order valence-corrected chi connectivity index (χ0v) is 3.78. The summed E-state index contributed by atoms with van der Waals surface area (Å²) in [5.41, 5.74) is 0. The summed E-state index contributed by atoms with van der Waals surface area (Å²) in [5.74, 6) is 8.00. The van der Waals surface area contributed by atoms with Crippen molar-refractivity contribution in [1.82, 2.24) is 0 Å². The molecule has 6 N–H and O–H groups in total. The van der Waals surface area contributed by atoms with Gasteiger partial charge in [-0.2, -0.15) is 0 Å². The molecule has 0 radical (unpaired) electrons. The van der Waals surface area contributed by atoms with Crippen LogP contribution < -0.4 is 11.7 Å². The average molecular weight is 131 g/mol. The minimum atomic E-state index is 0. The summed E-state index contributed by atoms with van der Waals surface area (Å²) in [4.78, 5) is 0. The molecule has 4 heavy (non-hydrogen) atoms. The van der Waals surface area contributed by atoms with Crippen LogP contribution in [-0.4, -0.2) is 5.48 Å². The fourth-order valence-corrected chi connectivity index (χ4v) is 0. The van der Waals surface area contributed by atoms with Gasteiger partial charge in [-0.3, -0.25) is 11.7 Å². The van der Waals surface area contributed by atoms with Gasteiger partial charge in [0.1, 0.15) is 0 Å². The van der Waals surface area contributed by atoms with Crippen LogP contribution in [0.1, 0.15) is 0 Å². The first-order valence-electron chi connectivity index (χ1n) is 0.333. The molecule has 0 amide bonds. The third-order valence-electron chi connectivity index (χ3n) is 0. The summed E-state index contributed by atoms with van der Waals surface area (Å²) in [6.45, 7) is 0. The molecule has 0 spiro atoms. The summed E-state index contributed by atoms with van der Waals surface area (Å²) in [5, 5.41) is 0. The zero-order valence-electron chi connectivity index (χ0n) is 2.06. The lowest BCUT2D eigenvalue weighted by Gasteiger charge is -1.27. The van der Waals surface area contributed by atoms with E-state index in [2.05, 4.69) is 11.7 Å². The highest BCUT2D eigenvalue weighted by molar-refractivity contribution is 8.93. The SMILES string of the molecule is Br.NN.O. The Kier molecular flexibility index (Phi) is 961. The van der Waals surface area contributed by atoms with Crippen molar-refractivity contribution in [1.29, 1.82) is 0 Å². The van der Waals surface area contributed by atoms with Crippen molar-refractivity contribution in [2.45, 2.75) is 0 Å². The van der Waals surface area contributed by atoms with Gasteiger partial charge < -0.3 is 5.48 Å². The van der Waals surface area contributed by atoms with Gasteiger partial charge in [0.15, 0.2) is 0 Å². The fourth-order valence-electron chi connectivity index (χ4n) is 0. The summed E-state index contributed by atoms with van der Waals surface area (Å²) >= 11 is 0. The van der Waals surface area contributed by atoms with E-state index in [1.165, 1.54) is 0 Å². The molecule has 0 aromatic rings. The summed E-state index contributed by atoms with van der Waals surface area (Å²) in [7, 11) is 0. The molecule has 0 rings (SSSR count). The first kappa shape index (κ1) is 26.6. The highest BCUT2D eigenvalue weighted by atomic mass is 79.9. The smallest absolute Gasteiger partial charge is 0.114 e.